The van der Waals surface area contributed by atoms with Crippen molar-refractivity contribution in [3.8, 4) is 0 Å². The Bertz CT molecular complexity index is 146. The molecule has 1 rings (SSSR count). The molecule has 84 valence electrons. The number of nitrogens with one attached hydrogen (secondary N) is 1. The molecule has 0 atom stereocenters. The zero-order valence-corrected chi connectivity index (χ0v) is 9.22. The molecule has 0 bridgehead atoms. The number of hydrogen-bond acceptors (Lipinski definition) is 3. The molecule has 1 saturated carbocycles. The lowest BCUT2D eigenvalue weighted by molar-refractivity contribution is 0.0932. The monoisotopic (exact) mass is 201 g/mol. The number of rotatable bonds is 9. The standard InChI is InChI=1S/C11H23NO2/c1-2-3-11(4-5-11)10-12-6-8-14-9-7-13/h12-13H,2-10H2,1H3. The zero-order chi connectivity index (χ0) is 10.3. The minimum Gasteiger partial charge on any atom is -0.394 e. The summed E-state index contributed by atoms with van der Waals surface area (Å²) in [5, 5.41) is 11.9. The van der Waals surface area contributed by atoms with Crippen molar-refractivity contribution in [3.63, 3.8) is 0 Å². The van der Waals surface area contributed by atoms with E-state index in [1.54, 1.807) is 0 Å². The van der Waals surface area contributed by atoms with Gasteiger partial charge in [0.25, 0.3) is 0 Å². The van der Waals surface area contributed by atoms with Crippen molar-refractivity contribution in [1.82, 2.24) is 5.32 Å². The van der Waals surface area contributed by atoms with Crippen LogP contribution in [0.2, 0.25) is 0 Å². The third-order valence-corrected chi connectivity index (χ3v) is 2.90. The van der Waals surface area contributed by atoms with Gasteiger partial charge in [0.05, 0.1) is 19.8 Å². The lowest BCUT2D eigenvalue weighted by Crippen LogP contribution is -2.27. The molecule has 0 heterocycles. The quantitative estimate of drug-likeness (QED) is 0.550. The van der Waals surface area contributed by atoms with E-state index in [-0.39, 0.29) is 6.61 Å². The summed E-state index contributed by atoms with van der Waals surface area (Å²) in [5.74, 6) is 0. The molecule has 2 N–H and O–H groups in total. The van der Waals surface area contributed by atoms with Gasteiger partial charge in [-0.25, -0.2) is 0 Å². The van der Waals surface area contributed by atoms with E-state index in [4.69, 9.17) is 9.84 Å². The molecule has 0 aromatic carbocycles. The van der Waals surface area contributed by atoms with Gasteiger partial charge in [-0.2, -0.15) is 0 Å². The smallest absolute Gasteiger partial charge is 0.0698 e. The van der Waals surface area contributed by atoms with Crippen LogP contribution in [0, 0.1) is 5.41 Å². The minimum atomic E-state index is 0.125. The van der Waals surface area contributed by atoms with Crippen LogP contribution in [0.4, 0.5) is 0 Å². The van der Waals surface area contributed by atoms with E-state index in [1.807, 2.05) is 0 Å². The van der Waals surface area contributed by atoms with Crippen LogP contribution in [-0.4, -0.2) is 38.0 Å². The van der Waals surface area contributed by atoms with E-state index in [2.05, 4.69) is 12.2 Å². The number of ether oxygens (including phenoxy) is 1. The van der Waals surface area contributed by atoms with Crippen molar-refractivity contribution < 1.29 is 9.84 Å². The first-order valence-corrected chi connectivity index (χ1v) is 5.72. The van der Waals surface area contributed by atoms with Crippen LogP contribution in [0.15, 0.2) is 0 Å². The summed E-state index contributed by atoms with van der Waals surface area (Å²) in [6.07, 6.45) is 5.44. The molecule has 0 aromatic heterocycles. The van der Waals surface area contributed by atoms with Crippen molar-refractivity contribution in [1.29, 1.82) is 0 Å². The Morgan fingerprint density at radius 3 is 2.71 bits per heavy atom. The highest BCUT2D eigenvalue weighted by Crippen LogP contribution is 2.48. The molecule has 1 fully saturated rings. The van der Waals surface area contributed by atoms with Gasteiger partial charge in [-0.15, -0.1) is 0 Å². The third kappa shape index (κ3) is 4.40. The molecule has 1 aliphatic carbocycles. The summed E-state index contributed by atoms with van der Waals surface area (Å²) in [6.45, 7) is 5.60. The Morgan fingerprint density at radius 2 is 2.14 bits per heavy atom. The fraction of sp³-hybridized carbons (Fsp3) is 1.00. The molecule has 14 heavy (non-hydrogen) atoms. The van der Waals surface area contributed by atoms with E-state index < -0.39 is 0 Å². The van der Waals surface area contributed by atoms with E-state index in [9.17, 15) is 0 Å². The Hall–Kier alpha value is -0.120. The highest BCUT2D eigenvalue weighted by Gasteiger charge is 2.40. The molecular weight excluding hydrogens is 178 g/mol. The fourth-order valence-electron chi connectivity index (χ4n) is 1.89. The van der Waals surface area contributed by atoms with Crippen molar-refractivity contribution in [2.24, 2.45) is 5.41 Å². The normalized spacial score (nSPS) is 18.4. The second-order valence-electron chi connectivity index (χ2n) is 4.26. The largest absolute Gasteiger partial charge is 0.394 e. The Labute approximate surface area is 86.8 Å². The van der Waals surface area contributed by atoms with Crippen LogP contribution in [0.3, 0.4) is 0 Å². The SMILES string of the molecule is CCCC1(CNCCOCCO)CC1. The van der Waals surface area contributed by atoms with Crippen LogP contribution in [0.1, 0.15) is 32.6 Å². The molecule has 0 saturated heterocycles. The van der Waals surface area contributed by atoms with Gasteiger partial charge in [0.1, 0.15) is 0 Å². The highest BCUT2D eigenvalue weighted by molar-refractivity contribution is 4.94. The Balaban J connectivity index is 1.88. The Morgan fingerprint density at radius 1 is 1.36 bits per heavy atom. The first-order valence-electron chi connectivity index (χ1n) is 5.72. The highest BCUT2D eigenvalue weighted by atomic mass is 16.5. The molecule has 3 nitrogen and oxygen atoms in total. The topological polar surface area (TPSA) is 41.5 Å². The lowest BCUT2D eigenvalue weighted by Gasteiger charge is -2.14. The van der Waals surface area contributed by atoms with Gasteiger partial charge < -0.3 is 15.2 Å². The van der Waals surface area contributed by atoms with Gasteiger partial charge in [-0.05, 0) is 24.7 Å². The molecule has 0 aliphatic heterocycles. The number of hydrogen-bond donors (Lipinski definition) is 2. The maximum atomic E-state index is 8.49. The van der Waals surface area contributed by atoms with Crippen molar-refractivity contribution >= 4 is 0 Å². The molecule has 0 spiro atoms. The number of aliphatic hydroxyl groups excluding tert-OH is 1. The molecule has 0 radical (unpaired) electrons. The van der Waals surface area contributed by atoms with E-state index in [1.165, 1.54) is 25.7 Å². The molecule has 1 aliphatic rings. The van der Waals surface area contributed by atoms with Gasteiger partial charge in [0.15, 0.2) is 0 Å². The second-order valence-corrected chi connectivity index (χ2v) is 4.26. The van der Waals surface area contributed by atoms with E-state index in [0.717, 1.165) is 13.1 Å². The summed E-state index contributed by atoms with van der Waals surface area (Å²) >= 11 is 0. The van der Waals surface area contributed by atoms with Gasteiger partial charge in [-0.3, -0.25) is 0 Å². The van der Waals surface area contributed by atoms with Crippen LogP contribution in [-0.2, 0) is 4.74 Å². The van der Waals surface area contributed by atoms with Gasteiger partial charge in [0, 0.05) is 13.1 Å². The van der Waals surface area contributed by atoms with Gasteiger partial charge >= 0.3 is 0 Å². The maximum Gasteiger partial charge on any atom is 0.0698 e. The van der Waals surface area contributed by atoms with Crippen LogP contribution >= 0.6 is 0 Å². The summed E-state index contributed by atoms with van der Waals surface area (Å²) in [6, 6.07) is 0. The summed E-state index contributed by atoms with van der Waals surface area (Å²) in [7, 11) is 0. The number of aliphatic hydroxyl groups is 1. The molecule has 3 heteroatoms. The van der Waals surface area contributed by atoms with Gasteiger partial charge in [0.2, 0.25) is 0 Å². The first-order chi connectivity index (χ1) is 6.83. The fourth-order valence-corrected chi connectivity index (χ4v) is 1.89. The van der Waals surface area contributed by atoms with E-state index >= 15 is 0 Å². The van der Waals surface area contributed by atoms with Crippen molar-refractivity contribution in [2.45, 2.75) is 32.6 Å². The average molecular weight is 201 g/mol. The average Bonchev–Trinajstić information content (AvgIpc) is 2.93. The van der Waals surface area contributed by atoms with Crippen molar-refractivity contribution in [2.75, 3.05) is 32.9 Å². The van der Waals surface area contributed by atoms with Gasteiger partial charge in [-0.1, -0.05) is 13.3 Å². The predicted octanol–water partition coefficient (Wildman–Crippen LogP) is 1.17. The molecular formula is C11H23NO2. The molecule has 0 aromatic rings. The second kappa shape index (κ2) is 6.38. The summed E-state index contributed by atoms with van der Waals surface area (Å²) in [4.78, 5) is 0. The molecule has 0 unspecified atom stereocenters. The predicted molar refractivity (Wildman–Crippen MR) is 57.3 cm³/mol. The first kappa shape index (κ1) is 12.0. The van der Waals surface area contributed by atoms with E-state index in [0.29, 0.717) is 18.6 Å². The van der Waals surface area contributed by atoms with Crippen molar-refractivity contribution in [3.05, 3.63) is 0 Å². The summed E-state index contributed by atoms with van der Waals surface area (Å²) < 4.78 is 5.17. The molecule has 0 amide bonds. The maximum absolute atomic E-state index is 8.49. The Kier molecular flexibility index (Phi) is 5.45. The van der Waals surface area contributed by atoms with Crippen LogP contribution in [0.25, 0.3) is 0 Å². The van der Waals surface area contributed by atoms with Crippen LogP contribution < -0.4 is 5.32 Å². The summed E-state index contributed by atoms with van der Waals surface area (Å²) in [5.41, 5.74) is 0.631. The lowest BCUT2D eigenvalue weighted by atomic mass is 10.0. The minimum absolute atomic E-state index is 0.125. The zero-order valence-electron chi connectivity index (χ0n) is 9.22. The third-order valence-electron chi connectivity index (χ3n) is 2.90. The van der Waals surface area contributed by atoms with Crippen LogP contribution in [0.5, 0.6) is 0 Å².